The Morgan fingerprint density at radius 3 is 3.17 bits per heavy atom. The fourth-order valence-electron chi connectivity index (χ4n) is 1.54. The molecule has 0 aliphatic carbocycles. The Morgan fingerprint density at radius 1 is 1.58 bits per heavy atom. The molecule has 1 aromatic carbocycles. The molecule has 1 unspecified atom stereocenters. The van der Waals surface area contributed by atoms with E-state index in [0.717, 1.165) is 12.2 Å². The molecule has 0 radical (unpaired) electrons. The van der Waals surface area contributed by atoms with Crippen LogP contribution >= 0.6 is 0 Å². The first kappa shape index (κ1) is 7.62. The molecule has 1 atom stereocenters. The Balaban J connectivity index is 2.30. The highest BCUT2D eigenvalue weighted by Crippen LogP contribution is 2.28. The van der Waals surface area contributed by atoms with E-state index in [1.54, 1.807) is 0 Å². The summed E-state index contributed by atoms with van der Waals surface area (Å²) < 4.78 is 5.61. The van der Waals surface area contributed by atoms with Gasteiger partial charge in [-0.05, 0) is 24.1 Å². The van der Waals surface area contributed by atoms with E-state index in [1.165, 1.54) is 11.1 Å². The number of hydrogen-bond donors (Lipinski definition) is 1. The SMILES string of the molecule is Cc1ccc2c(c1)OC(CN)C2. The highest BCUT2D eigenvalue weighted by molar-refractivity contribution is 5.40. The van der Waals surface area contributed by atoms with Crippen molar-refractivity contribution in [2.45, 2.75) is 19.4 Å². The molecule has 1 heterocycles. The van der Waals surface area contributed by atoms with Crippen molar-refractivity contribution in [1.82, 2.24) is 0 Å². The summed E-state index contributed by atoms with van der Waals surface area (Å²) in [6, 6.07) is 6.31. The lowest BCUT2D eigenvalue weighted by molar-refractivity contribution is 0.241. The molecule has 0 bridgehead atoms. The molecule has 2 nitrogen and oxygen atoms in total. The van der Waals surface area contributed by atoms with Gasteiger partial charge in [-0.2, -0.15) is 0 Å². The maximum Gasteiger partial charge on any atom is 0.123 e. The summed E-state index contributed by atoms with van der Waals surface area (Å²) in [5.41, 5.74) is 8.06. The van der Waals surface area contributed by atoms with Crippen LogP contribution < -0.4 is 10.5 Å². The normalized spacial score (nSPS) is 20.3. The molecule has 0 saturated heterocycles. The zero-order valence-corrected chi connectivity index (χ0v) is 7.21. The zero-order valence-electron chi connectivity index (χ0n) is 7.21. The molecular weight excluding hydrogens is 150 g/mol. The summed E-state index contributed by atoms with van der Waals surface area (Å²) in [7, 11) is 0. The van der Waals surface area contributed by atoms with Crippen molar-refractivity contribution in [1.29, 1.82) is 0 Å². The predicted molar refractivity (Wildman–Crippen MR) is 48.4 cm³/mol. The van der Waals surface area contributed by atoms with E-state index in [0.29, 0.717) is 6.54 Å². The second kappa shape index (κ2) is 2.79. The number of rotatable bonds is 1. The summed E-state index contributed by atoms with van der Waals surface area (Å²) in [6.45, 7) is 2.67. The Morgan fingerprint density at radius 2 is 2.42 bits per heavy atom. The fourth-order valence-corrected chi connectivity index (χ4v) is 1.54. The fraction of sp³-hybridized carbons (Fsp3) is 0.400. The lowest BCUT2D eigenvalue weighted by atomic mass is 10.1. The molecule has 0 fully saturated rings. The van der Waals surface area contributed by atoms with Crippen LogP contribution in [0.3, 0.4) is 0 Å². The van der Waals surface area contributed by atoms with Crippen molar-refractivity contribution in [3.63, 3.8) is 0 Å². The van der Waals surface area contributed by atoms with Gasteiger partial charge in [0.2, 0.25) is 0 Å². The third-order valence-electron chi connectivity index (χ3n) is 2.23. The number of nitrogens with two attached hydrogens (primary N) is 1. The van der Waals surface area contributed by atoms with Crippen LogP contribution in [0.25, 0.3) is 0 Å². The first-order valence-electron chi connectivity index (χ1n) is 4.26. The van der Waals surface area contributed by atoms with Gasteiger partial charge in [-0.15, -0.1) is 0 Å². The van der Waals surface area contributed by atoms with E-state index in [4.69, 9.17) is 10.5 Å². The smallest absolute Gasteiger partial charge is 0.123 e. The minimum Gasteiger partial charge on any atom is -0.488 e. The van der Waals surface area contributed by atoms with Gasteiger partial charge in [-0.1, -0.05) is 12.1 Å². The van der Waals surface area contributed by atoms with Gasteiger partial charge in [0.05, 0.1) is 0 Å². The van der Waals surface area contributed by atoms with Crippen LogP contribution in [0.1, 0.15) is 11.1 Å². The van der Waals surface area contributed by atoms with Crippen LogP contribution in [0.2, 0.25) is 0 Å². The summed E-state index contributed by atoms with van der Waals surface area (Å²) in [4.78, 5) is 0. The van der Waals surface area contributed by atoms with E-state index < -0.39 is 0 Å². The molecule has 0 spiro atoms. The van der Waals surface area contributed by atoms with E-state index >= 15 is 0 Å². The molecule has 12 heavy (non-hydrogen) atoms. The second-order valence-corrected chi connectivity index (χ2v) is 3.29. The Bertz CT molecular complexity index is 296. The van der Waals surface area contributed by atoms with E-state index in [-0.39, 0.29) is 6.10 Å². The second-order valence-electron chi connectivity index (χ2n) is 3.29. The number of benzene rings is 1. The van der Waals surface area contributed by atoms with Crippen LogP contribution in [0.5, 0.6) is 5.75 Å². The lowest BCUT2D eigenvalue weighted by Gasteiger charge is -2.05. The molecule has 1 aromatic rings. The van der Waals surface area contributed by atoms with Crippen molar-refractivity contribution >= 4 is 0 Å². The molecule has 64 valence electrons. The predicted octanol–water partition coefficient (Wildman–Crippen LogP) is 1.26. The molecule has 0 aromatic heterocycles. The van der Waals surface area contributed by atoms with Crippen molar-refractivity contribution in [2.24, 2.45) is 5.73 Å². The molecule has 1 aliphatic heterocycles. The van der Waals surface area contributed by atoms with Crippen LogP contribution in [0.15, 0.2) is 18.2 Å². The molecule has 2 heteroatoms. The topological polar surface area (TPSA) is 35.2 Å². The first-order chi connectivity index (χ1) is 5.79. The van der Waals surface area contributed by atoms with Gasteiger partial charge >= 0.3 is 0 Å². The monoisotopic (exact) mass is 163 g/mol. The molecule has 1 aliphatic rings. The van der Waals surface area contributed by atoms with Crippen LogP contribution in [0.4, 0.5) is 0 Å². The number of ether oxygens (including phenoxy) is 1. The minimum atomic E-state index is 0.196. The lowest BCUT2D eigenvalue weighted by Crippen LogP contribution is -2.24. The number of hydrogen-bond acceptors (Lipinski definition) is 2. The van der Waals surface area contributed by atoms with E-state index in [2.05, 4.69) is 25.1 Å². The van der Waals surface area contributed by atoms with Crippen molar-refractivity contribution in [3.05, 3.63) is 29.3 Å². The number of fused-ring (bicyclic) bond motifs is 1. The van der Waals surface area contributed by atoms with Gasteiger partial charge in [-0.3, -0.25) is 0 Å². The van der Waals surface area contributed by atoms with Gasteiger partial charge in [0, 0.05) is 13.0 Å². The molecular formula is C10H13NO. The molecule has 0 amide bonds. The van der Waals surface area contributed by atoms with E-state index in [1.807, 2.05) is 0 Å². The van der Waals surface area contributed by atoms with Gasteiger partial charge < -0.3 is 10.5 Å². The van der Waals surface area contributed by atoms with E-state index in [9.17, 15) is 0 Å². The molecule has 2 rings (SSSR count). The third kappa shape index (κ3) is 1.18. The van der Waals surface area contributed by atoms with Crippen LogP contribution in [-0.4, -0.2) is 12.6 Å². The van der Waals surface area contributed by atoms with Gasteiger partial charge in [0.1, 0.15) is 11.9 Å². The minimum absolute atomic E-state index is 0.196. The maximum absolute atomic E-state index is 5.61. The van der Waals surface area contributed by atoms with Gasteiger partial charge in [-0.25, -0.2) is 0 Å². The quantitative estimate of drug-likeness (QED) is 0.676. The van der Waals surface area contributed by atoms with Crippen molar-refractivity contribution in [3.8, 4) is 5.75 Å². The average molecular weight is 163 g/mol. The average Bonchev–Trinajstić information content (AvgIpc) is 2.46. The first-order valence-corrected chi connectivity index (χ1v) is 4.26. The molecule has 0 saturated carbocycles. The zero-order chi connectivity index (χ0) is 8.55. The summed E-state index contributed by atoms with van der Waals surface area (Å²) in [6.07, 6.45) is 1.16. The highest BCUT2D eigenvalue weighted by Gasteiger charge is 2.20. The standard InChI is InChI=1S/C10H13NO/c1-7-2-3-8-5-9(6-11)12-10(8)4-7/h2-4,9H,5-6,11H2,1H3. The summed E-state index contributed by atoms with van der Waals surface area (Å²) >= 11 is 0. The van der Waals surface area contributed by atoms with Crippen molar-refractivity contribution in [2.75, 3.05) is 6.54 Å². The Hall–Kier alpha value is -1.02. The third-order valence-corrected chi connectivity index (χ3v) is 2.23. The Kier molecular flexibility index (Phi) is 1.77. The maximum atomic E-state index is 5.61. The van der Waals surface area contributed by atoms with Crippen LogP contribution in [-0.2, 0) is 6.42 Å². The largest absolute Gasteiger partial charge is 0.488 e. The number of aryl methyl sites for hydroxylation is 1. The Labute approximate surface area is 72.3 Å². The van der Waals surface area contributed by atoms with Crippen molar-refractivity contribution < 1.29 is 4.74 Å². The summed E-state index contributed by atoms with van der Waals surface area (Å²) in [5.74, 6) is 1.02. The highest BCUT2D eigenvalue weighted by atomic mass is 16.5. The molecule has 2 N–H and O–H groups in total. The van der Waals surface area contributed by atoms with Gasteiger partial charge in [0.25, 0.3) is 0 Å². The summed E-state index contributed by atoms with van der Waals surface area (Å²) in [5, 5.41) is 0. The van der Waals surface area contributed by atoms with Gasteiger partial charge in [0.15, 0.2) is 0 Å². The van der Waals surface area contributed by atoms with Crippen LogP contribution in [0, 0.1) is 6.92 Å².